The number of nitrogens with zero attached hydrogens (tertiary/aromatic N) is 1. The Morgan fingerprint density at radius 3 is 2.41 bits per heavy atom. The van der Waals surface area contributed by atoms with Crippen LogP contribution in [-0.2, 0) is 4.79 Å². The lowest BCUT2D eigenvalue weighted by Gasteiger charge is -2.14. The maximum atomic E-state index is 12.3. The molecule has 9 heteroatoms. The molecule has 34 heavy (non-hydrogen) atoms. The Morgan fingerprint density at radius 2 is 1.71 bits per heavy atom. The molecular weight excluding hydrogens is 458 g/mol. The van der Waals surface area contributed by atoms with Crippen molar-refractivity contribution in [3.05, 3.63) is 82.4 Å². The van der Waals surface area contributed by atoms with E-state index in [-0.39, 0.29) is 23.3 Å². The third-order valence-corrected chi connectivity index (χ3v) is 4.95. The van der Waals surface area contributed by atoms with E-state index in [1.54, 1.807) is 48.5 Å². The summed E-state index contributed by atoms with van der Waals surface area (Å²) in [7, 11) is 2.97. The molecule has 0 heterocycles. The number of carbonyl (C=O) groups excluding carboxylic acids is 2. The second-order valence-electron chi connectivity index (χ2n) is 7.14. The van der Waals surface area contributed by atoms with Crippen LogP contribution in [0.5, 0.6) is 17.2 Å². The van der Waals surface area contributed by atoms with Gasteiger partial charge in [-0.1, -0.05) is 41.4 Å². The van der Waals surface area contributed by atoms with E-state index in [0.717, 1.165) is 5.56 Å². The lowest BCUT2D eigenvalue weighted by molar-refractivity contribution is -0.118. The maximum Gasteiger partial charge on any atom is 0.271 e. The Labute approximate surface area is 202 Å². The molecule has 0 saturated heterocycles. The summed E-state index contributed by atoms with van der Waals surface area (Å²) in [5.74, 6) is 0.316. The summed E-state index contributed by atoms with van der Waals surface area (Å²) in [6.45, 7) is 1.64. The third kappa shape index (κ3) is 6.49. The van der Waals surface area contributed by atoms with Gasteiger partial charge in [-0.05, 0) is 48.9 Å². The topological polar surface area (TPSA) is 98.3 Å². The van der Waals surface area contributed by atoms with E-state index >= 15 is 0 Å². The molecule has 0 fully saturated rings. The zero-order valence-electron chi connectivity index (χ0n) is 18.9. The first-order valence-electron chi connectivity index (χ1n) is 10.2. The third-order valence-electron chi connectivity index (χ3n) is 4.67. The molecule has 0 aromatic heterocycles. The lowest BCUT2D eigenvalue weighted by atomic mass is 10.1. The first kappa shape index (κ1) is 24.6. The van der Waals surface area contributed by atoms with Crippen molar-refractivity contribution in [2.75, 3.05) is 26.1 Å². The van der Waals surface area contributed by atoms with E-state index in [9.17, 15) is 9.59 Å². The maximum absolute atomic E-state index is 12.3. The molecule has 0 aliphatic rings. The van der Waals surface area contributed by atoms with Crippen LogP contribution in [0, 0.1) is 6.92 Å². The first-order valence-corrected chi connectivity index (χ1v) is 10.6. The summed E-state index contributed by atoms with van der Waals surface area (Å²) in [4.78, 5) is 24.5. The second-order valence-corrected chi connectivity index (χ2v) is 7.54. The minimum Gasteiger partial charge on any atom is -0.495 e. The van der Waals surface area contributed by atoms with Gasteiger partial charge in [0.15, 0.2) is 18.1 Å². The van der Waals surface area contributed by atoms with Gasteiger partial charge in [0.25, 0.3) is 11.8 Å². The molecule has 0 saturated carbocycles. The zero-order valence-corrected chi connectivity index (χ0v) is 19.7. The van der Waals surface area contributed by atoms with Crippen LogP contribution in [0.2, 0.25) is 5.02 Å². The van der Waals surface area contributed by atoms with Gasteiger partial charge in [-0.3, -0.25) is 9.59 Å². The van der Waals surface area contributed by atoms with Gasteiger partial charge in [-0.15, -0.1) is 0 Å². The number of amides is 2. The molecule has 0 unspecified atom stereocenters. The molecule has 8 nitrogen and oxygen atoms in total. The number of carbonyl (C=O) groups is 2. The fourth-order valence-electron chi connectivity index (χ4n) is 2.96. The molecule has 176 valence electrons. The number of ether oxygens (including phenoxy) is 3. The number of halogens is 1. The predicted octanol–water partition coefficient (Wildman–Crippen LogP) is 4.45. The average Bonchev–Trinajstić information content (AvgIpc) is 2.83. The number of hydrazone groups is 1. The van der Waals surface area contributed by atoms with E-state index in [0.29, 0.717) is 28.3 Å². The van der Waals surface area contributed by atoms with Crippen molar-refractivity contribution in [1.82, 2.24) is 5.43 Å². The number of hydrogen-bond acceptors (Lipinski definition) is 6. The second kappa shape index (κ2) is 11.7. The molecule has 0 spiro atoms. The van der Waals surface area contributed by atoms with Crippen LogP contribution >= 0.6 is 11.6 Å². The summed E-state index contributed by atoms with van der Waals surface area (Å²) in [6.07, 6.45) is 1.43. The standard InChI is InChI=1S/C25H24ClN3O5/c1-16-8-10-18(11-9-16)25(31)29-27-14-17-12-19(26)24(22(13-17)33-3)34-15-23(30)28-20-6-4-5-7-21(20)32-2/h4-14H,15H2,1-3H3,(H,28,30)(H,29,31). The molecule has 0 atom stereocenters. The Kier molecular flexibility index (Phi) is 8.48. The number of nitrogens with one attached hydrogen (secondary N) is 2. The van der Waals surface area contributed by atoms with Crippen molar-refractivity contribution in [3.63, 3.8) is 0 Å². The van der Waals surface area contributed by atoms with Crippen molar-refractivity contribution in [2.24, 2.45) is 5.10 Å². The van der Waals surface area contributed by atoms with Gasteiger partial charge in [0, 0.05) is 5.56 Å². The minimum absolute atomic E-state index is 0.209. The van der Waals surface area contributed by atoms with Crippen molar-refractivity contribution in [2.45, 2.75) is 6.92 Å². The molecular formula is C25H24ClN3O5. The highest BCUT2D eigenvalue weighted by Gasteiger charge is 2.14. The van der Waals surface area contributed by atoms with Crippen LogP contribution in [0.25, 0.3) is 0 Å². The quantitative estimate of drug-likeness (QED) is 0.347. The summed E-state index contributed by atoms with van der Waals surface area (Å²) in [5, 5.41) is 6.91. The van der Waals surface area contributed by atoms with Crippen LogP contribution in [-0.4, -0.2) is 38.9 Å². The van der Waals surface area contributed by atoms with Gasteiger partial charge in [0.05, 0.1) is 31.1 Å². The van der Waals surface area contributed by atoms with Crippen molar-refractivity contribution < 1.29 is 23.8 Å². The van der Waals surface area contributed by atoms with Crippen molar-refractivity contribution in [3.8, 4) is 17.2 Å². The van der Waals surface area contributed by atoms with Crippen LogP contribution in [0.4, 0.5) is 5.69 Å². The SMILES string of the molecule is COc1ccccc1NC(=O)COc1c(Cl)cc(C=NNC(=O)c2ccc(C)cc2)cc1OC. The fraction of sp³-hybridized carbons (Fsp3) is 0.160. The number of aryl methyl sites for hydroxylation is 1. The summed E-state index contributed by atoms with van der Waals surface area (Å²) in [6, 6.07) is 17.4. The summed E-state index contributed by atoms with van der Waals surface area (Å²) in [5.41, 5.74) is 5.10. The Balaban J connectivity index is 1.63. The Bertz CT molecular complexity index is 1200. The number of anilines is 1. The normalized spacial score (nSPS) is 10.6. The summed E-state index contributed by atoms with van der Waals surface area (Å²) >= 11 is 6.35. The average molecular weight is 482 g/mol. The molecule has 2 amide bonds. The molecule has 0 bridgehead atoms. The van der Waals surface area contributed by atoms with E-state index in [1.807, 2.05) is 19.1 Å². The van der Waals surface area contributed by atoms with Gasteiger partial charge in [0.1, 0.15) is 5.75 Å². The molecule has 0 aliphatic heterocycles. The molecule has 3 rings (SSSR count). The highest BCUT2D eigenvalue weighted by atomic mass is 35.5. The molecule has 0 aliphatic carbocycles. The van der Waals surface area contributed by atoms with Crippen molar-refractivity contribution in [1.29, 1.82) is 0 Å². The monoisotopic (exact) mass is 481 g/mol. The Morgan fingerprint density at radius 1 is 1.00 bits per heavy atom. The fourth-order valence-corrected chi connectivity index (χ4v) is 3.23. The van der Waals surface area contributed by atoms with Gasteiger partial charge >= 0.3 is 0 Å². The molecule has 3 aromatic rings. The largest absolute Gasteiger partial charge is 0.495 e. The number of benzene rings is 3. The number of methoxy groups -OCH3 is 2. The van der Waals surface area contributed by atoms with Gasteiger partial charge in [-0.25, -0.2) is 5.43 Å². The van der Waals surface area contributed by atoms with Gasteiger partial charge < -0.3 is 19.5 Å². The highest BCUT2D eigenvalue weighted by Crippen LogP contribution is 2.36. The minimum atomic E-state index is -0.396. The molecule has 3 aromatic carbocycles. The van der Waals surface area contributed by atoms with E-state index in [1.165, 1.54) is 20.4 Å². The smallest absolute Gasteiger partial charge is 0.271 e. The van der Waals surface area contributed by atoms with Gasteiger partial charge in [-0.2, -0.15) is 5.10 Å². The molecule has 2 N–H and O–H groups in total. The number of para-hydroxylation sites is 2. The summed E-state index contributed by atoms with van der Waals surface area (Å²) < 4.78 is 16.2. The van der Waals surface area contributed by atoms with Crippen LogP contribution in [0.3, 0.4) is 0 Å². The van der Waals surface area contributed by atoms with Crippen LogP contribution in [0.15, 0.2) is 65.8 Å². The number of hydrogen-bond donors (Lipinski definition) is 2. The first-order chi connectivity index (χ1) is 16.4. The lowest BCUT2D eigenvalue weighted by Crippen LogP contribution is -2.20. The zero-order chi connectivity index (χ0) is 24.5. The van der Waals surface area contributed by atoms with Crippen LogP contribution in [0.1, 0.15) is 21.5 Å². The van der Waals surface area contributed by atoms with E-state index in [2.05, 4.69) is 15.8 Å². The molecule has 0 radical (unpaired) electrons. The van der Waals surface area contributed by atoms with Crippen LogP contribution < -0.4 is 25.0 Å². The van der Waals surface area contributed by atoms with Crippen molar-refractivity contribution >= 4 is 35.3 Å². The van der Waals surface area contributed by atoms with Gasteiger partial charge in [0.2, 0.25) is 0 Å². The number of rotatable bonds is 9. The van der Waals surface area contributed by atoms with E-state index < -0.39 is 5.91 Å². The highest BCUT2D eigenvalue weighted by molar-refractivity contribution is 6.32. The van der Waals surface area contributed by atoms with E-state index in [4.69, 9.17) is 25.8 Å². The Hall–Kier alpha value is -4.04. The predicted molar refractivity (Wildman–Crippen MR) is 131 cm³/mol.